The average molecular weight is 803 g/mol. The molecule has 0 aliphatic carbocycles. The van der Waals surface area contributed by atoms with Crippen molar-refractivity contribution in [1.82, 2.24) is 9.97 Å². The minimum absolute atomic E-state index is 0. The number of hydrogen-bond acceptors (Lipinski definition) is 2. The fraction of sp³-hybridized carbons (Fsp3) is 0.200. The molecule has 5 aromatic carbocycles. The Labute approximate surface area is 299 Å². The predicted molar refractivity (Wildman–Crippen MR) is 200 cm³/mol. The maximum Gasteiger partial charge on any atom is 0.0192 e. The van der Waals surface area contributed by atoms with Crippen molar-refractivity contribution in [2.45, 2.75) is 54.9 Å². The Morgan fingerprint density at radius 1 is 0.604 bits per heavy atom. The second-order valence-corrected chi connectivity index (χ2v) is 13.8. The van der Waals surface area contributed by atoms with E-state index in [1.165, 1.54) is 60.5 Å². The van der Waals surface area contributed by atoms with Crippen LogP contribution in [0.15, 0.2) is 116 Å². The zero-order chi connectivity index (χ0) is 33.1. The van der Waals surface area contributed by atoms with Gasteiger partial charge in [0.15, 0.2) is 0 Å². The minimum atomic E-state index is 0. The summed E-state index contributed by atoms with van der Waals surface area (Å²) >= 11 is 0. The Balaban J connectivity index is 0.000000237. The fourth-order valence-corrected chi connectivity index (χ4v) is 5.98. The van der Waals surface area contributed by atoms with Gasteiger partial charge >= 0.3 is 0 Å². The Morgan fingerprint density at radius 3 is 1.96 bits per heavy atom. The SMILES string of the molecule is Cc1c[c-]c(-c2cc(C)c(C)cn2)cc1.Cc1cnc(-c2[c-]ccc(-c3cc4ccccc4c4ccccc34)c2)cc1CC(C)(C)C.[Ir]. The summed E-state index contributed by atoms with van der Waals surface area (Å²) < 4.78 is 0. The Morgan fingerprint density at radius 2 is 1.27 bits per heavy atom. The van der Waals surface area contributed by atoms with Gasteiger partial charge in [0.05, 0.1) is 0 Å². The molecular formula is C45H42IrN2-2. The van der Waals surface area contributed by atoms with Crippen LogP contribution in [0.1, 0.15) is 48.6 Å². The molecule has 7 aromatic rings. The Kier molecular flexibility index (Phi) is 10.7. The summed E-state index contributed by atoms with van der Waals surface area (Å²) in [6.07, 6.45) is 4.95. The zero-order valence-electron chi connectivity index (χ0n) is 28.9. The van der Waals surface area contributed by atoms with E-state index in [4.69, 9.17) is 4.98 Å². The first kappa shape index (κ1) is 34.9. The van der Waals surface area contributed by atoms with Crippen molar-refractivity contribution >= 4 is 21.5 Å². The van der Waals surface area contributed by atoms with Crippen molar-refractivity contribution in [3.8, 4) is 33.6 Å². The summed E-state index contributed by atoms with van der Waals surface area (Å²) in [5.41, 5.74) is 13.1. The first-order valence-corrected chi connectivity index (χ1v) is 16.4. The van der Waals surface area contributed by atoms with Crippen molar-refractivity contribution in [3.05, 3.63) is 155 Å². The van der Waals surface area contributed by atoms with E-state index in [-0.39, 0.29) is 25.5 Å². The molecule has 2 heterocycles. The van der Waals surface area contributed by atoms with Crippen LogP contribution in [-0.2, 0) is 26.5 Å². The van der Waals surface area contributed by atoms with E-state index in [2.05, 4.69) is 157 Å². The molecule has 0 N–H and O–H groups in total. The maximum absolute atomic E-state index is 4.75. The van der Waals surface area contributed by atoms with Gasteiger partial charge in [0.1, 0.15) is 0 Å². The normalized spacial score (nSPS) is 11.1. The van der Waals surface area contributed by atoms with Gasteiger partial charge in [-0.2, -0.15) is 0 Å². The fourth-order valence-electron chi connectivity index (χ4n) is 5.98. The molecule has 0 bridgehead atoms. The van der Waals surface area contributed by atoms with Crippen LogP contribution in [-0.4, -0.2) is 9.97 Å². The van der Waals surface area contributed by atoms with Crippen molar-refractivity contribution in [3.63, 3.8) is 0 Å². The van der Waals surface area contributed by atoms with E-state index in [1.807, 2.05) is 24.5 Å². The number of hydrogen-bond donors (Lipinski definition) is 0. The molecule has 0 amide bonds. The van der Waals surface area contributed by atoms with Crippen molar-refractivity contribution < 1.29 is 20.1 Å². The first-order chi connectivity index (χ1) is 22.6. The van der Waals surface area contributed by atoms with Gasteiger partial charge in [0.25, 0.3) is 0 Å². The van der Waals surface area contributed by atoms with Gasteiger partial charge < -0.3 is 9.97 Å². The van der Waals surface area contributed by atoms with Crippen LogP contribution in [0.5, 0.6) is 0 Å². The average Bonchev–Trinajstić information content (AvgIpc) is 3.07. The van der Waals surface area contributed by atoms with Crippen LogP contribution in [0, 0.1) is 45.2 Å². The van der Waals surface area contributed by atoms with Crippen molar-refractivity contribution in [2.75, 3.05) is 0 Å². The molecule has 2 nitrogen and oxygen atoms in total. The number of pyridine rings is 2. The van der Waals surface area contributed by atoms with E-state index in [0.717, 1.165) is 28.9 Å². The third-order valence-corrected chi connectivity index (χ3v) is 8.71. The molecule has 48 heavy (non-hydrogen) atoms. The van der Waals surface area contributed by atoms with Crippen LogP contribution in [0.4, 0.5) is 0 Å². The standard InChI is InChI=1S/C31H28N.C14H14N.Ir/c1-21-20-32-30(18-25(21)19-31(2,3)4)24-12-9-11-22(16-24)29-17-23-10-5-6-13-26(23)27-14-7-8-15-28(27)29;1-10-4-6-13(7-5-10)14-8-11(2)12(3)9-15-14;/h5-11,13-18,20H,19H2,1-4H3;4-6,8-9H,1-3H3;/q2*-1;. The second kappa shape index (κ2) is 14.8. The van der Waals surface area contributed by atoms with Crippen LogP contribution in [0.2, 0.25) is 0 Å². The molecule has 3 heteroatoms. The van der Waals surface area contributed by atoms with Gasteiger partial charge in [-0.05, 0) is 88.3 Å². The van der Waals surface area contributed by atoms with E-state index >= 15 is 0 Å². The monoisotopic (exact) mass is 803 g/mol. The van der Waals surface area contributed by atoms with Crippen molar-refractivity contribution in [1.29, 1.82) is 0 Å². The molecule has 0 aliphatic heterocycles. The summed E-state index contributed by atoms with van der Waals surface area (Å²) in [6, 6.07) is 43.2. The first-order valence-electron chi connectivity index (χ1n) is 16.4. The zero-order valence-corrected chi connectivity index (χ0v) is 31.3. The molecule has 0 unspecified atom stereocenters. The molecule has 243 valence electrons. The number of nitrogens with zero attached hydrogens (tertiary/aromatic N) is 2. The van der Waals surface area contributed by atoms with Gasteiger partial charge in [0, 0.05) is 32.5 Å². The van der Waals surface area contributed by atoms with Crippen LogP contribution < -0.4 is 0 Å². The summed E-state index contributed by atoms with van der Waals surface area (Å²) in [4.78, 5) is 9.16. The number of aryl methyl sites for hydroxylation is 4. The van der Waals surface area contributed by atoms with Gasteiger partial charge in [-0.3, -0.25) is 0 Å². The van der Waals surface area contributed by atoms with E-state index < -0.39 is 0 Å². The summed E-state index contributed by atoms with van der Waals surface area (Å²) in [5.74, 6) is 0. The maximum atomic E-state index is 4.75. The number of aromatic nitrogens is 2. The van der Waals surface area contributed by atoms with E-state index in [9.17, 15) is 0 Å². The third kappa shape index (κ3) is 7.98. The van der Waals surface area contributed by atoms with Gasteiger partial charge in [-0.15, -0.1) is 70.8 Å². The van der Waals surface area contributed by atoms with Gasteiger partial charge in [-0.25, -0.2) is 0 Å². The molecule has 0 fully saturated rings. The molecule has 0 spiro atoms. The second-order valence-electron chi connectivity index (χ2n) is 13.8. The summed E-state index contributed by atoms with van der Waals surface area (Å²) in [5, 5.41) is 5.11. The van der Waals surface area contributed by atoms with E-state index in [1.54, 1.807) is 0 Å². The van der Waals surface area contributed by atoms with Crippen LogP contribution in [0.3, 0.4) is 0 Å². The quantitative estimate of drug-likeness (QED) is 0.131. The van der Waals surface area contributed by atoms with Gasteiger partial charge in [0.2, 0.25) is 0 Å². The third-order valence-electron chi connectivity index (χ3n) is 8.71. The molecule has 0 atom stereocenters. The molecule has 0 saturated carbocycles. The topological polar surface area (TPSA) is 25.8 Å². The molecule has 1 radical (unpaired) electrons. The number of rotatable bonds is 4. The minimum Gasteiger partial charge on any atom is -0.304 e. The van der Waals surface area contributed by atoms with Crippen LogP contribution >= 0.6 is 0 Å². The van der Waals surface area contributed by atoms with Gasteiger partial charge in [-0.1, -0.05) is 99.5 Å². The molecule has 0 aliphatic rings. The molecular weight excluding hydrogens is 761 g/mol. The predicted octanol–water partition coefficient (Wildman–Crippen LogP) is 11.9. The molecule has 0 saturated heterocycles. The smallest absolute Gasteiger partial charge is 0.0192 e. The largest absolute Gasteiger partial charge is 0.304 e. The molecule has 7 rings (SSSR count). The summed E-state index contributed by atoms with van der Waals surface area (Å²) in [6.45, 7) is 15.2. The molecule has 2 aromatic heterocycles. The van der Waals surface area contributed by atoms with Crippen molar-refractivity contribution in [2.24, 2.45) is 5.41 Å². The van der Waals surface area contributed by atoms with Crippen LogP contribution in [0.25, 0.3) is 55.2 Å². The summed E-state index contributed by atoms with van der Waals surface area (Å²) in [7, 11) is 0. The van der Waals surface area contributed by atoms with E-state index in [0.29, 0.717) is 0 Å². The number of benzene rings is 5. The number of fused-ring (bicyclic) bond motifs is 3. The Bertz CT molecular complexity index is 2190. The Hall–Kier alpha value is -4.43.